The Labute approximate surface area is 182 Å². The van der Waals surface area contributed by atoms with E-state index in [-0.39, 0.29) is 12.5 Å². The Morgan fingerprint density at radius 2 is 1.63 bits per heavy atom. The summed E-state index contributed by atoms with van der Waals surface area (Å²) in [6.45, 7) is 11.6. The van der Waals surface area contributed by atoms with Crippen molar-refractivity contribution in [1.29, 1.82) is 0 Å². The molecule has 0 fully saturated rings. The molecule has 0 aliphatic carbocycles. The average Bonchev–Trinajstić information content (AvgIpc) is 2.70. The predicted octanol–water partition coefficient (Wildman–Crippen LogP) is 2.37. The number of carbonyl (C=O) groups excluding carboxylic acids is 1. The van der Waals surface area contributed by atoms with E-state index >= 15 is 0 Å². The van der Waals surface area contributed by atoms with Crippen molar-refractivity contribution < 1.29 is 9.53 Å². The summed E-state index contributed by atoms with van der Waals surface area (Å²) < 4.78 is 5.20. The Hall–Kier alpha value is -2.28. The van der Waals surface area contributed by atoms with Crippen molar-refractivity contribution in [3.8, 4) is 5.75 Å². The van der Waals surface area contributed by atoms with E-state index in [0.29, 0.717) is 18.0 Å². The minimum Gasteiger partial charge on any atom is -0.497 e. The minimum absolute atomic E-state index is 0.0166. The van der Waals surface area contributed by atoms with Gasteiger partial charge in [-0.05, 0) is 58.2 Å². The standard InChI is InChI=1S/C23H41N5O2/c1-18(2)28(19(3)4)16-8-14-24-23(26-17-22(29)27(5)6)25-15-13-20-9-11-21(30-7)12-10-20/h9-12,18-19H,8,13-17H2,1-7H3,(H2,24,25,26). The van der Waals surface area contributed by atoms with Gasteiger partial charge in [-0.2, -0.15) is 0 Å². The molecular weight excluding hydrogens is 378 g/mol. The molecule has 0 atom stereocenters. The molecule has 1 aromatic carbocycles. The third kappa shape index (κ3) is 9.96. The van der Waals surface area contributed by atoms with Crippen molar-refractivity contribution in [3.05, 3.63) is 29.8 Å². The summed E-state index contributed by atoms with van der Waals surface area (Å²) in [5.41, 5.74) is 1.22. The number of aliphatic imine (C=N–C) groups is 1. The summed E-state index contributed by atoms with van der Waals surface area (Å²) in [6, 6.07) is 9.11. The van der Waals surface area contributed by atoms with Crippen molar-refractivity contribution in [2.24, 2.45) is 4.99 Å². The summed E-state index contributed by atoms with van der Waals surface area (Å²) in [6.07, 6.45) is 1.87. The molecule has 0 saturated heterocycles. The molecule has 0 aromatic heterocycles. The van der Waals surface area contributed by atoms with E-state index < -0.39 is 0 Å². The normalized spacial score (nSPS) is 11.9. The fourth-order valence-electron chi connectivity index (χ4n) is 3.16. The fraction of sp³-hybridized carbons (Fsp3) is 0.652. The van der Waals surface area contributed by atoms with Gasteiger partial charge in [0.25, 0.3) is 0 Å². The molecule has 0 aliphatic rings. The second kappa shape index (κ2) is 13.9. The van der Waals surface area contributed by atoms with Gasteiger partial charge in [0, 0.05) is 45.8 Å². The molecule has 0 spiro atoms. The van der Waals surface area contributed by atoms with Crippen LogP contribution in [-0.2, 0) is 11.2 Å². The lowest BCUT2D eigenvalue weighted by atomic mass is 10.1. The van der Waals surface area contributed by atoms with Gasteiger partial charge in [0.05, 0.1) is 7.11 Å². The first-order valence-corrected chi connectivity index (χ1v) is 10.9. The zero-order valence-corrected chi connectivity index (χ0v) is 19.9. The number of benzene rings is 1. The van der Waals surface area contributed by atoms with Crippen LogP contribution >= 0.6 is 0 Å². The highest BCUT2D eigenvalue weighted by Gasteiger charge is 2.12. The number of rotatable bonds is 12. The van der Waals surface area contributed by atoms with Crippen LogP contribution < -0.4 is 15.4 Å². The van der Waals surface area contributed by atoms with Crippen LogP contribution in [0.3, 0.4) is 0 Å². The Balaban J connectivity index is 2.56. The van der Waals surface area contributed by atoms with Crippen LogP contribution in [-0.4, -0.2) is 81.1 Å². The van der Waals surface area contributed by atoms with Crippen molar-refractivity contribution in [1.82, 2.24) is 20.4 Å². The van der Waals surface area contributed by atoms with E-state index in [1.165, 1.54) is 5.56 Å². The van der Waals surface area contributed by atoms with E-state index in [2.05, 4.69) is 60.4 Å². The largest absolute Gasteiger partial charge is 0.497 e. The van der Waals surface area contributed by atoms with Gasteiger partial charge in [-0.25, -0.2) is 4.99 Å². The lowest BCUT2D eigenvalue weighted by Crippen LogP contribution is -2.42. The quantitative estimate of drug-likeness (QED) is 0.309. The molecule has 170 valence electrons. The molecular formula is C23H41N5O2. The first-order valence-electron chi connectivity index (χ1n) is 10.9. The lowest BCUT2D eigenvalue weighted by molar-refractivity contribution is -0.127. The summed E-state index contributed by atoms with van der Waals surface area (Å²) in [5, 5.41) is 6.72. The molecule has 0 saturated carbocycles. The Morgan fingerprint density at radius 3 is 2.17 bits per heavy atom. The predicted molar refractivity (Wildman–Crippen MR) is 125 cm³/mol. The number of guanidine groups is 1. The van der Waals surface area contributed by atoms with Gasteiger partial charge in [0.2, 0.25) is 5.91 Å². The molecule has 0 heterocycles. The van der Waals surface area contributed by atoms with Crippen molar-refractivity contribution >= 4 is 11.9 Å². The SMILES string of the molecule is COc1ccc(CCNC(=NCC(=O)N(C)C)NCCCN(C(C)C)C(C)C)cc1. The van der Waals surface area contributed by atoms with Crippen molar-refractivity contribution in [3.63, 3.8) is 0 Å². The number of amides is 1. The van der Waals surface area contributed by atoms with Crippen LogP contribution in [0, 0.1) is 0 Å². The molecule has 1 amide bonds. The Kier molecular flexibility index (Phi) is 11.9. The monoisotopic (exact) mass is 419 g/mol. The third-order valence-electron chi connectivity index (χ3n) is 4.95. The van der Waals surface area contributed by atoms with Gasteiger partial charge >= 0.3 is 0 Å². The van der Waals surface area contributed by atoms with E-state index in [4.69, 9.17) is 4.74 Å². The van der Waals surface area contributed by atoms with Gasteiger partial charge in [-0.1, -0.05) is 12.1 Å². The van der Waals surface area contributed by atoms with E-state index in [1.807, 2.05) is 12.1 Å². The number of nitrogens with zero attached hydrogens (tertiary/aromatic N) is 3. The second-order valence-electron chi connectivity index (χ2n) is 8.18. The average molecular weight is 420 g/mol. The molecule has 1 aromatic rings. The molecule has 7 nitrogen and oxygen atoms in total. The summed E-state index contributed by atoms with van der Waals surface area (Å²) in [4.78, 5) is 20.4. The number of hydrogen-bond acceptors (Lipinski definition) is 4. The zero-order chi connectivity index (χ0) is 22.5. The number of carbonyl (C=O) groups is 1. The molecule has 0 unspecified atom stereocenters. The molecule has 7 heteroatoms. The first-order chi connectivity index (χ1) is 14.2. The smallest absolute Gasteiger partial charge is 0.243 e. The number of ether oxygens (including phenoxy) is 1. The highest BCUT2D eigenvalue weighted by Crippen LogP contribution is 2.11. The maximum absolute atomic E-state index is 11.9. The van der Waals surface area contributed by atoms with Crippen LogP contribution in [0.25, 0.3) is 0 Å². The van der Waals surface area contributed by atoms with Crippen LogP contribution in [0.1, 0.15) is 39.7 Å². The van der Waals surface area contributed by atoms with Gasteiger partial charge in [-0.3, -0.25) is 9.69 Å². The van der Waals surface area contributed by atoms with Gasteiger partial charge in [0.1, 0.15) is 12.3 Å². The minimum atomic E-state index is -0.0166. The third-order valence-corrected chi connectivity index (χ3v) is 4.95. The highest BCUT2D eigenvalue weighted by atomic mass is 16.5. The van der Waals surface area contributed by atoms with Crippen LogP contribution in [0.15, 0.2) is 29.3 Å². The molecule has 0 bridgehead atoms. The van der Waals surface area contributed by atoms with Crippen LogP contribution in [0.5, 0.6) is 5.75 Å². The fourth-order valence-corrected chi connectivity index (χ4v) is 3.16. The molecule has 2 N–H and O–H groups in total. The lowest BCUT2D eigenvalue weighted by Gasteiger charge is -2.30. The number of methoxy groups -OCH3 is 1. The van der Waals surface area contributed by atoms with Crippen molar-refractivity contribution in [2.75, 3.05) is 47.4 Å². The zero-order valence-electron chi connectivity index (χ0n) is 19.9. The Bertz CT molecular complexity index is 633. The van der Waals surface area contributed by atoms with E-state index in [0.717, 1.165) is 38.2 Å². The van der Waals surface area contributed by atoms with Gasteiger partial charge < -0.3 is 20.3 Å². The molecule has 0 aliphatic heterocycles. The molecule has 30 heavy (non-hydrogen) atoms. The topological polar surface area (TPSA) is 69.2 Å². The second-order valence-corrected chi connectivity index (χ2v) is 8.18. The van der Waals surface area contributed by atoms with Gasteiger partial charge in [0.15, 0.2) is 5.96 Å². The van der Waals surface area contributed by atoms with E-state index in [1.54, 1.807) is 26.1 Å². The van der Waals surface area contributed by atoms with Gasteiger partial charge in [-0.15, -0.1) is 0 Å². The summed E-state index contributed by atoms with van der Waals surface area (Å²) in [7, 11) is 5.16. The number of hydrogen-bond donors (Lipinski definition) is 2. The maximum atomic E-state index is 11.9. The summed E-state index contributed by atoms with van der Waals surface area (Å²) >= 11 is 0. The first kappa shape index (κ1) is 25.8. The number of likely N-dealkylation sites (N-methyl/N-ethyl adjacent to an activating group) is 1. The summed E-state index contributed by atoms with van der Waals surface area (Å²) in [5.74, 6) is 1.52. The highest BCUT2D eigenvalue weighted by molar-refractivity contribution is 5.84. The maximum Gasteiger partial charge on any atom is 0.243 e. The number of nitrogens with one attached hydrogen (secondary N) is 2. The molecule has 0 radical (unpaired) electrons. The van der Waals surface area contributed by atoms with Crippen molar-refractivity contribution in [2.45, 2.75) is 52.6 Å². The van der Waals surface area contributed by atoms with Crippen LogP contribution in [0.2, 0.25) is 0 Å². The Morgan fingerprint density at radius 1 is 1.03 bits per heavy atom. The van der Waals surface area contributed by atoms with Crippen LogP contribution in [0.4, 0.5) is 0 Å². The molecule has 1 rings (SSSR count). The van der Waals surface area contributed by atoms with E-state index in [9.17, 15) is 4.79 Å².